The number of hydrogen-bond acceptors (Lipinski definition) is 9. The summed E-state index contributed by atoms with van der Waals surface area (Å²) in [5.74, 6) is 2.34. The number of furan rings is 1. The highest BCUT2D eigenvalue weighted by Crippen LogP contribution is 2.31. The van der Waals surface area contributed by atoms with Gasteiger partial charge in [-0.2, -0.15) is 0 Å². The quantitative estimate of drug-likeness (QED) is 0.361. The highest BCUT2D eigenvalue weighted by Gasteiger charge is 2.18. The van der Waals surface area contributed by atoms with Crippen molar-refractivity contribution in [1.82, 2.24) is 25.1 Å². The lowest BCUT2D eigenvalue weighted by Crippen LogP contribution is -2.26. The Balaban J connectivity index is 1.38. The van der Waals surface area contributed by atoms with Crippen molar-refractivity contribution < 1.29 is 8.83 Å². The lowest BCUT2D eigenvalue weighted by molar-refractivity contribution is 0.227. The molecule has 31 heavy (non-hydrogen) atoms. The predicted molar refractivity (Wildman–Crippen MR) is 120 cm³/mol. The summed E-state index contributed by atoms with van der Waals surface area (Å²) in [6.07, 6.45) is 2.54. The second-order valence-electron chi connectivity index (χ2n) is 7.01. The number of thiophene rings is 2. The van der Waals surface area contributed by atoms with Crippen LogP contribution in [0.2, 0.25) is 0 Å². The standard InChI is InChI=1S/C21H19N5O3S2/c1-2-7-26(11-17-24-25-20(29-17)15-6-4-9-30-15)10-16-22-19(27)18-13(12-31-21(18)23-16)14-5-3-8-28-14/h3-6,8-9,12H,2,7,10-11H2,1H3,(H,22,23,27). The Hall–Kier alpha value is -3.08. The summed E-state index contributed by atoms with van der Waals surface area (Å²) in [5, 5.41) is 12.8. The van der Waals surface area contributed by atoms with Crippen LogP contribution in [0, 0.1) is 0 Å². The van der Waals surface area contributed by atoms with Gasteiger partial charge in [0.05, 0.1) is 29.6 Å². The van der Waals surface area contributed by atoms with E-state index in [1.807, 2.05) is 29.0 Å². The number of H-pyrrole nitrogens is 1. The molecule has 0 amide bonds. The Morgan fingerprint density at radius 2 is 2.10 bits per heavy atom. The summed E-state index contributed by atoms with van der Waals surface area (Å²) < 4.78 is 11.3. The normalized spacial score (nSPS) is 11.7. The van der Waals surface area contributed by atoms with E-state index in [1.54, 1.807) is 23.7 Å². The highest BCUT2D eigenvalue weighted by molar-refractivity contribution is 7.17. The third kappa shape index (κ3) is 4.09. The number of aromatic amines is 1. The molecule has 0 saturated carbocycles. The van der Waals surface area contributed by atoms with Gasteiger partial charge in [0.2, 0.25) is 5.89 Å². The Bertz CT molecular complexity index is 1340. The molecule has 5 rings (SSSR count). The van der Waals surface area contributed by atoms with E-state index in [0.29, 0.717) is 46.7 Å². The third-order valence-electron chi connectivity index (χ3n) is 4.75. The average Bonchev–Trinajstić information content (AvgIpc) is 3.53. The Morgan fingerprint density at radius 3 is 2.87 bits per heavy atom. The summed E-state index contributed by atoms with van der Waals surface area (Å²) in [4.78, 5) is 24.2. The molecule has 158 valence electrons. The van der Waals surface area contributed by atoms with E-state index in [-0.39, 0.29) is 5.56 Å². The van der Waals surface area contributed by atoms with Gasteiger partial charge in [-0.3, -0.25) is 9.69 Å². The minimum atomic E-state index is -0.165. The summed E-state index contributed by atoms with van der Waals surface area (Å²) in [5.41, 5.74) is 0.601. The van der Waals surface area contributed by atoms with Crippen molar-refractivity contribution in [2.75, 3.05) is 6.54 Å². The fourth-order valence-corrected chi connectivity index (χ4v) is 5.02. The molecule has 0 aliphatic rings. The van der Waals surface area contributed by atoms with Gasteiger partial charge >= 0.3 is 0 Å². The van der Waals surface area contributed by atoms with Crippen LogP contribution in [0.1, 0.15) is 25.1 Å². The topological polar surface area (TPSA) is 101 Å². The molecule has 5 aromatic heterocycles. The van der Waals surface area contributed by atoms with Gasteiger partial charge in [-0.15, -0.1) is 32.9 Å². The monoisotopic (exact) mass is 453 g/mol. The number of aromatic nitrogens is 4. The third-order valence-corrected chi connectivity index (χ3v) is 6.48. The highest BCUT2D eigenvalue weighted by atomic mass is 32.1. The molecule has 1 N–H and O–H groups in total. The fraction of sp³-hybridized carbons (Fsp3) is 0.238. The number of rotatable bonds is 8. The zero-order valence-corrected chi connectivity index (χ0v) is 18.3. The van der Waals surface area contributed by atoms with Crippen LogP contribution < -0.4 is 5.56 Å². The molecule has 0 atom stereocenters. The van der Waals surface area contributed by atoms with Crippen molar-refractivity contribution in [3.8, 4) is 22.1 Å². The summed E-state index contributed by atoms with van der Waals surface area (Å²) in [6.45, 7) is 3.87. The minimum absolute atomic E-state index is 0.165. The number of nitrogens with zero attached hydrogens (tertiary/aromatic N) is 4. The number of nitrogens with one attached hydrogen (secondary N) is 1. The largest absolute Gasteiger partial charge is 0.464 e. The first-order chi connectivity index (χ1) is 15.2. The second-order valence-corrected chi connectivity index (χ2v) is 8.81. The van der Waals surface area contributed by atoms with Crippen LogP contribution in [0.4, 0.5) is 0 Å². The zero-order chi connectivity index (χ0) is 21.2. The van der Waals surface area contributed by atoms with Crippen LogP contribution in [-0.2, 0) is 13.1 Å². The molecular weight excluding hydrogens is 434 g/mol. The minimum Gasteiger partial charge on any atom is -0.464 e. The first-order valence-electron chi connectivity index (χ1n) is 9.84. The second kappa shape index (κ2) is 8.58. The molecule has 0 aliphatic heterocycles. The van der Waals surface area contributed by atoms with Crippen molar-refractivity contribution >= 4 is 32.9 Å². The number of hydrogen-bond donors (Lipinski definition) is 1. The molecule has 0 saturated heterocycles. The molecule has 0 unspecified atom stereocenters. The van der Waals surface area contributed by atoms with Crippen LogP contribution in [0.25, 0.3) is 32.3 Å². The molecule has 0 radical (unpaired) electrons. The molecule has 5 aromatic rings. The number of fused-ring (bicyclic) bond motifs is 1. The maximum absolute atomic E-state index is 12.8. The lowest BCUT2D eigenvalue weighted by Gasteiger charge is -2.18. The Morgan fingerprint density at radius 1 is 1.16 bits per heavy atom. The SMILES string of the molecule is CCCN(Cc1nc2scc(-c3ccco3)c2c(=O)[nH]1)Cc1nnc(-c2cccs2)o1. The maximum Gasteiger partial charge on any atom is 0.260 e. The van der Waals surface area contributed by atoms with Gasteiger partial charge in [-0.25, -0.2) is 4.98 Å². The smallest absolute Gasteiger partial charge is 0.260 e. The molecule has 5 heterocycles. The van der Waals surface area contributed by atoms with E-state index in [1.165, 1.54) is 11.3 Å². The van der Waals surface area contributed by atoms with Crippen molar-refractivity contribution in [2.45, 2.75) is 26.4 Å². The molecule has 0 fully saturated rings. The molecule has 0 aromatic carbocycles. The van der Waals surface area contributed by atoms with Gasteiger partial charge in [0.1, 0.15) is 16.4 Å². The van der Waals surface area contributed by atoms with Crippen LogP contribution in [0.15, 0.2) is 54.9 Å². The van der Waals surface area contributed by atoms with Gasteiger partial charge in [0.15, 0.2) is 0 Å². The molecular formula is C21H19N5O3S2. The van der Waals surface area contributed by atoms with Gasteiger partial charge in [-0.1, -0.05) is 13.0 Å². The Labute approximate surface area is 185 Å². The average molecular weight is 454 g/mol. The molecule has 0 aliphatic carbocycles. The fourth-order valence-electron chi connectivity index (χ4n) is 3.43. The first-order valence-corrected chi connectivity index (χ1v) is 11.6. The van der Waals surface area contributed by atoms with Gasteiger partial charge in [0, 0.05) is 10.9 Å². The van der Waals surface area contributed by atoms with Crippen molar-refractivity contribution in [2.24, 2.45) is 0 Å². The summed E-state index contributed by atoms with van der Waals surface area (Å²) in [6, 6.07) is 7.55. The first kappa shape index (κ1) is 19.9. The van der Waals surface area contributed by atoms with Crippen LogP contribution in [0.5, 0.6) is 0 Å². The molecule has 0 spiro atoms. The Kier molecular flexibility index (Phi) is 5.49. The van der Waals surface area contributed by atoms with Crippen molar-refractivity contribution in [1.29, 1.82) is 0 Å². The van der Waals surface area contributed by atoms with Crippen LogP contribution >= 0.6 is 22.7 Å². The van der Waals surface area contributed by atoms with Crippen LogP contribution in [0.3, 0.4) is 0 Å². The van der Waals surface area contributed by atoms with E-state index in [2.05, 4.69) is 27.0 Å². The van der Waals surface area contributed by atoms with E-state index >= 15 is 0 Å². The summed E-state index contributed by atoms with van der Waals surface area (Å²) >= 11 is 3.00. The van der Waals surface area contributed by atoms with Crippen molar-refractivity contribution in [3.05, 3.63) is 63.4 Å². The van der Waals surface area contributed by atoms with Crippen LogP contribution in [-0.4, -0.2) is 31.6 Å². The molecule has 0 bridgehead atoms. The van der Waals surface area contributed by atoms with E-state index in [0.717, 1.165) is 23.4 Å². The zero-order valence-electron chi connectivity index (χ0n) is 16.7. The van der Waals surface area contributed by atoms with E-state index in [4.69, 9.17) is 13.8 Å². The predicted octanol–water partition coefficient (Wildman–Crippen LogP) is 4.77. The molecule has 8 nitrogen and oxygen atoms in total. The van der Waals surface area contributed by atoms with Gasteiger partial charge in [-0.05, 0) is 36.5 Å². The lowest BCUT2D eigenvalue weighted by atomic mass is 10.2. The van der Waals surface area contributed by atoms with Crippen molar-refractivity contribution in [3.63, 3.8) is 0 Å². The maximum atomic E-state index is 12.8. The molecule has 10 heteroatoms. The van der Waals surface area contributed by atoms with Gasteiger partial charge < -0.3 is 13.8 Å². The van der Waals surface area contributed by atoms with E-state index in [9.17, 15) is 4.79 Å². The van der Waals surface area contributed by atoms with E-state index < -0.39 is 0 Å². The summed E-state index contributed by atoms with van der Waals surface area (Å²) in [7, 11) is 0. The van der Waals surface area contributed by atoms with Gasteiger partial charge in [0.25, 0.3) is 11.4 Å².